The molecule has 2 aliphatic heterocycles. The minimum atomic E-state index is -4.15. The van der Waals surface area contributed by atoms with Gasteiger partial charge >= 0.3 is 0 Å². The van der Waals surface area contributed by atoms with Gasteiger partial charge < -0.3 is 0 Å². The summed E-state index contributed by atoms with van der Waals surface area (Å²) in [6.45, 7) is 5.08. The van der Waals surface area contributed by atoms with E-state index in [9.17, 15) is 21.6 Å². The van der Waals surface area contributed by atoms with Crippen LogP contribution < -0.4 is 0 Å². The van der Waals surface area contributed by atoms with Crippen molar-refractivity contribution < 1.29 is 21.6 Å². The smallest absolute Gasteiger partial charge is 0.244 e. The van der Waals surface area contributed by atoms with E-state index in [2.05, 4.69) is 0 Å². The predicted molar refractivity (Wildman–Crippen MR) is 137 cm³/mol. The molecule has 0 N–H and O–H groups in total. The summed E-state index contributed by atoms with van der Waals surface area (Å²) in [6, 6.07) is 12.8. The van der Waals surface area contributed by atoms with Gasteiger partial charge in [0.15, 0.2) is 5.78 Å². The highest BCUT2D eigenvalue weighted by molar-refractivity contribution is 8.19. The van der Waals surface area contributed by atoms with Crippen LogP contribution in [0.2, 0.25) is 0 Å². The van der Waals surface area contributed by atoms with Crippen molar-refractivity contribution in [2.24, 2.45) is 0 Å². The van der Waals surface area contributed by atoms with Gasteiger partial charge in [-0.2, -0.15) is 8.61 Å². The molecule has 2 fully saturated rings. The molecule has 4 rings (SSSR count). The lowest BCUT2D eigenvalue weighted by atomic mass is 10.2. The van der Waals surface area contributed by atoms with Crippen LogP contribution in [0, 0.1) is 13.8 Å². The van der Waals surface area contributed by atoms with E-state index in [0.29, 0.717) is 0 Å². The topological polar surface area (TPSA) is 91.8 Å². The zero-order chi connectivity index (χ0) is 24.7. The second-order valence-corrected chi connectivity index (χ2v) is 15.7. The van der Waals surface area contributed by atoms with Crippen molar-refractivity contribution in [3.8, 4) is 0 Å². The number of Topliss-reactive ketones (excluding diaryl/α,β-unsaturated/α-hetero) is 1. The van der Waals surface area contributed by atoms with Crippen molar-refractivity contribution in [3.05, 3.63) is 59.7 Å². The highest BCUT2D eigenvalue weighted by Crippen LogP contribution is 2.48. The molecule has 7 nitrogen and oxygen atoms in total. The zero-order valence-corrected chi connectivity index (χ0v) is 22.6. The van der Waals surface area contributed by atoms with Crippen LogP contribution in [-0.4, -0.2) is 66.1 Å². The molecule has 2 aromatic carbocycles. The Morgan fingerprint density at radius 2 is 1.18 bits per heavy atom. The number of benzene rings is 2. The molecule has 0 bridgehead atoms. The van der Waals surface area contributed by atoms with Gasteiger partial charge in [0.1, 0.15) is 6.17 Å². The average Bonchev–Trinajstić information content (AvgIpc) is 2.79. The number of sulfonamides is 2. The maximum atomic E-state index is 13.8. The van der Waals surface area contributed by atoms with Crippen LogP contribution in [0.5, 0.6) is 0 Å². The highest BCUT2D eigenvalue weighted by atomic mass is 32.2. The highest BCUT2D eigenvalue weighted by Gasteiger charge is 2.54. The van der Waals surface area contributed by atoms with E-state index in [1.165, 1.54) is 31.2 Å². The van der Waals surface area contributed by atoms with Crippen molar-refractivity contribution >= 4 is 49.4 Å². The van der Waals surface area contributed by atoms with Crippen molar-refractivity contribution in [3.63, 3.8) is 0 Å². The number of hydrogen-bond acceptors (Lipinski definition) is 7. The lowest BCUT2D eigenvalue weighted by Crippen LogP contribution is -2.67. The SMILES string of the molecule is CC(=O)C1N(S(=O)(=O)c2ccc(C)cc2)CC2(CN1S(=O)(=O)c1ccc(C)cc1)SCCCS2. The Labute approximate surface area is 210 Å². The molecule has 0 amide bonds. The summed E-state index contributed by atoms with van der Waals surface area (Å²) in [4.78, 5) is 13.0. The zero-order valence-electron chi connectivity index (χ0n) is 19.3. The van der Waals surface area contributed by atoms with E-state index in [1.54, 1.807) is 47.8 Å². The Morgan fingerprint density at radius 3 is 1.53 bits per heavy atom. The second kappa shape index (κ2) is 9.59. The van der Waals surface area contributed by atoms with Crippen molar-refractivity contribution in [2.45, 2.75) is 47.2 Å². The summed E-state index contributed by atoms with van der Waals surface area (Å²) in [5.41, 5.74) is 1.80. The van der Waals surface area contributed by atoms with Crippen LogP contribution in [0.15, 0.2) is 58.3 Å². The van der Waals surface area contributed by atoms with Crippen molar-refractivity contribution in [2.75, 3.05) is 24.6 Å². The summed E-state index contributed by atoms with van der Waals surface area (Å²) < 4.78 is 56.8. The Hall–Kier alpha value is -1.37. The molecular formula is C23H28N2O5S4. The minimum Gasteiger partial charge on any atom is -0.297 e. The number of thioether (sulfide) groups is 2. The van der Waals surface area contributed by atoms with Gasteiger partial charge in [0.05, 0.1) is 13.9 Å². The molecule has 0 atom stereocenters. The van der Waals surface area contributed by atoms with Crippen LogP contribution in [0.25, 0.3) is 0 Å². The summed E-state index contributed by atoms with van der Waals surface area (Å²) in [7, 11) is -8.30. The molecule has 2 aliphatic rings. The fourth-order valence-electron chi connectivity index (χ4n) is 4.17. The first-order valence-corrected chi connectivity index (χ1v) is 15.8. The summed E-state index contributed by atoms with van der Waals surface area (Å²) >= 11 is 3.15. The number of aryl methyl sites for hydroxylation is 2. The first-order valence-electron chi connectivity index (χ1n) is 10.9. The largest absolute Gasteiger partial charge is 0.297 e. The molecule has 2 aromatic rings. The lowest BCUT2D eigenvalue weighted by Gasteiger charge is -2.50. The average molecular weight is 541 g/mol. The quantitative estimate of drug-likeness (QED) is 0.573. The molecule has 0 radical (unpaired) electrons. The third-order valence-corrected chi connectivity index (χ3v) is 12.9. The normalized spacial score (nSPS) is 20.4. The molecule has 0 aromatic heterocycles. The number of nitrogens with zero attached hydrogens (tertiary/aromatic N) is 2. The standard InChI is InChI=1S/C23H28N2O5S4/c1-17-5-9-20(10-6-17)33(27,28)24-15-23(31-13-4-14-32-23)16-25(22(24)19(3)26)34(29,30)21-11-7-18(2)8-12-21/h5-12,22H,4,13-16H2,1-3H3. The molecule has 2 saturated heterocycles. The number of carbonyl (C=O) groups is 1. The lowest BCUT2D eigenvalue weighted by molar-refractivity contribution is -0.125. The first kappa shape index (κ1) is 25.7. The molecule has 11 heteroatoms. The van der Waals surface area contributed by atoms with Crippen LogP contribution >= 0.6 is 23.5 Å². The van der Waals surface area contributed by atoms with Crippen molar-refractivity contribution in [1.82, 2.24) is 8.61 Å². The van der Waals surface area contributed by atoms with E-state index in [1.807, 2.05) is 13.8 Å². The molecule has 0 aliphatic carbocycles. The molecule has 0 saturated carbocycles. The molecule has 184 valence electrons. The third kappa shape index (κ3) is 4.83. The maximum absolute atomic E-state index is 13.8. The first-order chi connectivity index (χ1) is 16.0. The maximum Gasteiger partial charge on any atom is 0.244 e. The fourth-order valence-corrected chi connectivity index (χ4v) is 11.1. The van der Waals surface area contributed by atoms with Gasteiger partial charge in [0.25, 0.3) is 0 Å². The van der Waals surface area contributed by atoms with Gasteiger partial charge in [-0.15, -0.1) is 23.5 Å². The van der Waals surface area contributed by atoms with Gasteiger partial charge in [-0.3, -0.25) is 4.79 Å². The van der Waals surface area contributed by atoms with Gasteiger partial charge in [-0.25, -0.2) is 16.8 Å². The van der Waals surface area contributed by atoms with Crippen LogP contribution in [-0.2, 0) is 24.8 Å². The van der Waals surface area contributed by atoms with Crippen LogP contribution in [0.1, 0.15) is 24.5 Å². The molecule has 1 spiro atoms. The van der Waals surface area contributed by atoms with Gasteiger partial charge in [-0.1, -0.05) is 35.4 Å². The van der Waals surface area contributed by atoms with E-state index in [0.717, 1.165) is 37.7 Å². The van der Waals surface area contributed by atoms with Crippen LogP contribution in [0.4, 0.5) is 0 Å². The summed E-state index contributed by atoms with van der Waals surface area (Å²) in [5.74, 6) is 1.07. The van der Waals surface area contributed by atoms with E-state index in [4.69, 9.17) is 0 Å². The van der Waals surface area contributed by atoms with E-state index in [-0.39, 0.29) is 22.9 Å². The molecular weight excluding hydrogens is 513 g/mol. The minimum absolute atomic E-state index is 0.0416. The van der Waals surface area contributed by atoms with E-state index >= 15 is 0 Å². The Balaban J connectivity index is 1.87. The van der Waals surface area contributed by atoms with Gasteiger partial charge in [0, 0.05) is 13.1 Å². The Kier molecular flexibility index (Phi) is 7.25. The van der Waals surface area contributed by atoms with Gasteiger partial charge in [0.2, 0.25) is 20.0 Å². The van der Waals surface area contributed by atoms with Crippen molar-refractivity contribution in [1.29, 1.82) is 0 Å². The summed E-state index contributed by atoms with van der Waals surface area (Å²) in [5, 5.41) is 0. The Bertz CT molecular complexity index is 1180. The second-order valence-electron chi connectivity index (χ2n) is 8.67. The number of carbonyl (C=O) groups excluding carboxylic acids is 1. The van der Waals surface area contributed by atoms with Gasteiger partial charge in [-0.05, 0) is 63.0 Å². The van der Waals surface area contributed by atoms with E-state index < -0.39 is 36.1 Å². The fraction of sp³-hybridized carbons (Fsp3) is 0.435. The molecule has 2 heterocycles. The Morgan fingerprint density at radius 1 is 0.794 bits per heavy atom. The summed E-state index contributed by atoms with van der Waals surface area (Å²) in [6.07, 6.45) is -0.491. The number of ketones is 1. The predicted octanol–water partition coefficient (Wildman–Crippen LogP) is 3.48. The number of rotatable bonds is 5. The molecule has 34 heavy (non-hydrogen) atoms. The molecule has 0 unspecified atom stereocenters. The third-order valence-electron chi connectivity index (χ3n) is 5.98. The number of hydrogen-bond donors (Lipinski definition) is 0. The van der Waals surface area contributed by atoms with Crippen LogP contribution in [0.3, 0.4) is 0 Å². The monoisotopic (exact) mass is 540 g/mol.